The van der Waals surface area contributed by atoms with Gasteiger partial charge in [-0.2, -0.15) is 5.26 Å². The minimum Gasteiger partial charge on any atom is -0.192 e. The van der Waals surface area contributed by atoms with Crippen LogP contribution in [0.4, 0.5) is 0 Å². The first-order chi connectivity index (χ1) is 3.93. The second-order valence-electron chi connectivity index (χ2n) is 1.29. The number of hydrogen-bond donors (Lipinski definition) is 0. The molecule has 8 heavy (non-hydrogen) atoms. The summed E-state index contributed by atoms with van der Waals surface area (Å²) in [5, 5.41) is 14.4. The highest BCUT2D eigenvalue weighted by Gasteiger charge is 1.87. The van der Waals surface area contributed by atoms with Crippen LogP contribution in [0.2, 0.25) is 0 Å². The van der Waals surface area contributed by atoms with E-state index in [-0.39, 0.29) is 0 Å². The average Bonchev–Trinajstić information content (AvgIpc) is 1.90. The fraction of sp³-hybridized carbons (Fsp3) is 0. The van der Waals surface area contributed by atoms with Gasteiger partial charge in [-0.3, -0.25) is 0 Å². The molecular formula is C5H4N3+. The lowest BCUT2D eigenvalue weighted by Crippen LogP contribution is -2.05. The van der Waals surface area contributed by atoms with Gasteiger partial charge in [0.15, 0.2) is 0 Å². The average molecular weight is 106 g/mol. The maximum absolute atomic E-state index is 8.24. The number of hydrogen-bond acceptors (Lipinski definition) is 2. The molecule has 0 radical (unpaired) electrons. The highest BCUT2D eigenvalue weighted by Crippen LogP contribution is 1.84. The van der Waals surface area contributed by atoms with Gasteiger partial charge in [0.05, 0.1) is 6.20 Å². The molecule has 1 heterocycles. The van der Waals surface area contributed by atoms with Crippen LogP contribution in [0.25, 0.3) is 0 Å². The molecule has 0 spiro atoms. The smallest absolute Gasteiger partial charge is 0.192 e. The van der Waals surface area contributed by atoms with Gasteiger partial charge in [0.1, 0.15) is 11.6 Å². The van der Waals surface area contributed by atoms with Gasteiger partial charge in [0, 0.05) is 0 Å². The molecule has 0 unspecified atom stereocenters. The van der Waals surface area contributed by atoms with Crippen LogP contribution in [0.3, 0.4) is 0 Å². The summed E-state index contributed by atoms with van der Waals surface area (Å²) in [5.41, 5.74) is 0.597. The van der Waals surface area contributed by atoms with Gasteiger partial charge in [-0.1, -0.05) is 0 Å². The lowest BCUT2D eigenvalue weighted by Gasteiger charge is -1.72. The van der Waals surface area contributed by atoms with Crippen molar-refractivity contribution in [2.45, 2.75) is 0 Å². The third kappa shape index (κ3) is 0.793. The predicted octanol–water partition coefficient (Wildman–Crippen LogP) is -0.233. The molecule has 0 aliphatic heterocycles. The normalized spacial score (nSPS) is 7.88. The Labute approximate surface area is 46.6 Å². The third-order valence-electron chi connectivity index (χ3n) is 0.752. The molecule has 3 nitrogen and oxygen atoms in total. The number of aromatic amines is 1. The zero-order chi connectivity index (χ0) is 5.82. The number of nitriles is 1. The Bertz CT molecular complexity index is 199. The molecule has 1 aromatic heterocycles. The number of H-pyrrole nitrogens is 1. The highest BCUT2D eigenvalue weighted by atomic mass is 15.1. The summed E-state index contributed by atoms with van der Waals surface area (Å²) in [7, 11) is 0. The molecule has 38 valence electrons. The van der Waals surface area contributed by atoms with Crippen LogP contribution in [0, 0.1) is 11.3 Å². The molecule has 0 saturated heterocycles. The van der Waals surface area contributed by atoms with Crippen molar-refractivity contribution in [1.82, 2.24) is 5.10 Å². The van der Waals surface area contributed by atoms with Crippen molar-refractivity contribution in [1.29, 1.82) is 5.26 Å². The van der Waals surface area contributed by atoms with E-state index in [1.807, 2.05) is 6.07 Å². The molecule has 0 saturated carbocycles. The molecule has 1 aromatic rings. The first-order valence-corrected chi connectivity index (χ1v) is 2.15. The topological polar surface area (TPSA) is 50.8 Å². The van der Waals surface area contributed by atoms with E-state index in [2.05, 4.69) is 10.2 Å². The van der Waals surface area contributed by atoms with Crippen LogP contribution in [0.1, 0.15) is 5.56 Å². The molecule has 0 fully saturated rings. The molecule has 0 aromatic carbocycles. The van der Waals surface area contributed by atoms with Crippen LogP contribution >= 0.6 is 0 Å². The zero-order valence-electron chi connectivity index (χ0n) is 4.13. The summed E-state index contributed by atoms with van der Waals surface area (Å²) < 4.78 is 0. The van der Waals surface area contributed by atoms with Crippen LogP contribution in [0.15, 0.2) is 18.5 Å². The van der Waals surface area contributed by atoms with Crippen molar-refractivity contribution in [3.8, 4) is 6.07 Å². The van der Waals surface area contributed by atoms with E-state index >= 15 is 0 Å². The summed E-state index contributed by atoms with van der Waals surface area (Å²) >= 11 is 0. The van der Waals surface area contributed by atoms with E-state index in [9.17, 15) is 0 Å². The van der Waals surface area contributed by atoms with Crippen molar-refractivity contribution in [2.75, 3.05) is 0 Å². The van der Waals surface area contributed by atoms with Crippen molar-refractivity contribution >= 4 is 0 Å². The first-order valence-electron chi connectivity index (χ1n) is 2.15. The molecule has 3 heteroatoms. The van der Waals surface area contributed by atoms with Crippen LogP contribution < -0.4 is 5.10 Å². The molecular weight excluding hydrogens is 102 g/mol. The zero-order valence-corrected chi connectivity index (χ0v) is 4.13. The van der Waals surface area contributed by atoms with Crippen molar-refractivity contribution in [2.24, 2.45) is 0 Å². The van der Waals surface area contributed by atoms with Gasteiger partial charge in [-0.25, -0.2) is 0 Å². The van der Waals surface area contributed by atoms with Crippen LogP contribution in [-0.4, -0.2) is 5.10 Å². The molecule has 0 atom stereocenters. The maximum atomic E-state index is 8.24. The Morgan fingerprint density at radius 1 is 1.75 bits per heavy atom. The second-order valence-corrected chi connectivity index (χ2v) is 1.29. The van der Waals surface area contributed by atoms with Gasteiger partial charge in [-0.05, 0) is 11.2 Å². The van der Waals surface area contributed by atoms with Crippen LogP contribution in [0.5, 0.6) is 0 Å². The number of rotatable bonds is 0. The summed E-state index contributed by atoms with van der Waals surface area (Å²) in [4.78, 5) is 0. The van der Waals surface area contributed by atoms with Crippen LogP contribution in [-0.2, 0) is 0 Å². The SMILES string of the molecule is N#Cc1ccn[nH+]c1. The maximum Gasteiger partial charge on any atom is 0.211 e. The number of nitrogens with one attached hydrogen (secondary N) is 1. The van der Waals surface area contributed by atoms with E-state index in [1.165, 1.54) is 0 Å². The van der Waals surface area contributed by atoms with Gasteiger partial charge in [-0.15, -0.1) is 5.10 Å². The lowest BCUT2D eigenvalue weighted by molar-refractivity contribution is -0.455. The van der Waals surface area contributed by atoms with E-state index < -0.39 is 0 Å². The molecule has 0 bridgehead atoms. The van der Waals surface area contributed by atoms with Crippen molar-refractivity contribution in [3.63, 3.8) is 0 Å². The van der Waals surface area contributed by atoms with Crippen molar-refractivity contribution < 1.29 is 5.10 Å². The minimum atomic E-state index is 0.597. The quantitative estimate of drug-likeness (QED) is 0.458. The molecule has 0 aliphatic carbocycles. The summed E-state index contributed by atoms with van der Waals surface area (Å²) in [6.07, 6.45) is 3.08. The second kappa shape index (κ2) is 2.03. The third-order valence-corrected chi connectivity index (χ3v) is 0.752. The number of nitrogens with zero attached hydrogens (tertiary/aromatic N) is 2. The van der Waals surface area contributed by atoms with Gasteiger partial charge < -0.3 is 0 Å². The molecule has 1 N–H and O–H groups in total. The highest BCUT2D eigenvalue weighted by molar-refractivity contribution is 5.20. The Kier molecular flexibility index (Phi) is 1.20. The Balaban J connectivity index is 3.05. The monoisotopic (exact) mass is 106 g/mol. The van der Waals surface area contributed by atoms with Gasteiger partial charge >= 0.3 is 0 Å². The molecule has 1 rings (SSSR count). The fourth-order valence-electron chi connectivity index (χ4n) is 0.385. The lowest BCUT2D eigenvalue weighted by atomic mass is 10.4. The predicted molar refractivity (Wildman–Crippen MR) is 25.5 cm³/mol. The van der Waals surface area contributed by atoms with E-state index in [0.717, 1.165) is 0 Å². The standard InChI is InChI=1S/C5H3N3/c6-3-5-1-2-7-8-4-5/h1-2,4H/p+1. The summed E-state index contributed by atoms with van der Waals surface area (Å²) in [6, 6.07) is 3.59. The summed E-state index contributed by atoms with van der Waals surface area (Å²) in [6.45, 7) is 0. The molecule has 0 amide bonds. The Morgan fingerprint density at radius 3 is 3.00 bits per heavy atom. The summed E-state index contributed by atoms with van der Waals surface area (Å²) in [5.74, 6) is 0. The van der Waals surface area contributed by atoms with Crippen molar-refractivity contribution in [3.05, 3.63) is 24.0 Å². The van der Waals surface area contributed by atoms with E-state index in [0.29, 0.717) is 5.56 Å². The van der Waals surface area contributed by atoms with Gasteiger partial charge in [0.2, 0.25) is 6.20 Å². The fourth-order valence-corrected chi connectivity index (χ4v) is 0.385. The Hall–Kier alpha value is -1.43. The molecule has 0 aliphatic rings. The number of aromatic nitrogens is 2. The minimum absolute atomic E-state index is 0.597. The first kappa shape index (κ1) is 4.72. The van der Waals surface area contributed by atoms with Gasteiger partial charge in [0.25, 0.3) is 0 Å². The van der Waals surface area contributed by atoms with E-state index in [4.69, 9.17) is 5.26 Å². The Morgan fingerprint density at radius 2 is 2.62 bits per heavy atom. The van der Waals surface area contributed by atoms with E-state index in [1.54, 1.807) is 18.5 Å². The largest absolute Gasteiger partial charge is 0.211 e.